The molecule has 1 aliphatic carbocycles. The van der Waals surface area contributed by atoms with Gasteiger partial charge in [0.05, 0.1) is 10.6 Å². The summed E-state index contributed by atoms with van der Waals surface area (Å²) in [7, 11) is 0. The van der Waals surface area contributed by atoms with E-state index >= 15 is 0 Å². The van der Waals surface area contributed by atoms with Gasteiger partial charge in [0.25, 0.3) is 0 Å². The molecule has 0 spiro atoms. The molecule has 4 heteroatoms. The van der Waals surface area contributed by atoms with Crippen LogP contribution in [0.2, 0.25) is 0 Å². The van der Waals surface area contributed by atoms with Gasteiger partial charge in [0.15, 0.2) is 0 Å². The summed E-state index contributed by atoms with van der Waals surface area (Å²) in [6, 6.07) is 1.78. The molecule has 0 aromatic carbocycles. The van der Waals surface area contributed by atoms with Crippen LogP contribution >= 0.6 is 15.9 Å². The number of hydrogen-bond acceptors (Lipinski definition) is 3. The minimum Gasteiger partial charge on any atom is -0.489 e. The summed E-state index contributed by atoms with van der Waals surface area (Å²) in [4.78, 5) is 4.00. The van der Waals surface area contributed by atoms with Crippen molar-refractivity contribution < 1.29 is 4.74 Å². The van der Waals surface area contributed by atoms with Crippen molar-refractivity contribution in [3.8, 4) is 5.75 Å². The predicted octanol–water partition coefficient (Wildman–Crippen LogP) is 3.38. The third-order valence-electron chi connectivity index (χ3n) is 3.10. The second-order valence-corrected chi connectivity index (χ2v) is 5.39. The molecule has 0 radical (unpaired) electrons. The van der Waals surface area contributed by atoms with E-state index in [0.29, 0.717) is 11.9 Å². The highest BCUT2D eigenvalue weighted by atomic mass is 79.9. The number of hydrogen-bond donors (Lipinski definition) is 1. The summed E-state index contributed by atoms with van der Waals surface area (Å²) in [6.45, 7) is 2.30. The molecule has 0 atom stereocenters. The molecule has 0 unspecified atom stereocenters. The molecule has 0 aliphatic heterocycles. The Labute approximate surface area is 105 Å². The first kappa shape index (κ1) is 11.7. The van der Waals surface area contributed by atoms with Gasteiger partial charge in [0.1, 0.15) is 11.6 Å². The fraction of sp³-hybridized carbons (Fsp3) is 0.583. The minimum absolute atomic E-state index is 0.328. The topological polar surface area (TPSA) is 48.1 Å². The molecule has 1 fully saturated rings. The van der Waals surface area contributed by atoms with E-state index in [4.69, 9.17) is 10.5 Å². The molecule has 1 aromatic heterocycles. The quantitative estimate of drug-likeness (QED) is 0.906. The molecule has 0 amide bonds. The maximum atomic E-state index is 5.95. The zero-order valence-corrected chi connectivity index (χ0v) is 11.0. The average Bonchev–Trinajstić information content (AvgIpc) is 2.27. The van der Waals surface area contributed by atoms with Gasteiger partial charge in [-0.25, -0.2) is 4.98 Å². The number of ether oxygens (including phenoxy) is 1. The molecule has 3 nitrogen and oxygen atoms in total. The van der Waals surface area contributed by atoms with E-state index in [1.807, 2.05) is 0 Å². The second kappa shape index (κ2) is 5.04. The zero-order valence-electron chi connectivity index (χ0n) is 9.45. The Balaban J connectivity index is 2.00. The van der Waals surface area contributed by atoms with Crippen molar-refractivity contribution in [3.63, 3.8) is 0 Å². The van der Waals surface area contributed by atoms with Gasteiger partial charge in [-0.15, -0.1) is 0 Å². The molecule has 1 aromatic rings. The van der Waals surface area contributed by atoms with Gasteiger partial charge in [-0.3, -0.25) is 0 Å². The van der Waals surface area contributed by atoms with E-state index < -0.39 is 0 Å². The highest BCUT2D eigenvalue weighted by molar-refractivity contribution is 9.10. The summed E-state index contributed by atoms with van der Waals surface area (Å²) in [5.41, 5.74) is 5.64. The Kier molecular flexibility index (Phi) is 3.69. The van der Waals surface area contributed by atoms with Crippen LogP contribution in [0.4, 0.5) is 5.82 Å². The summed E-state index contributed by atoms with van der Waals surface area (Å²) in [5.74, 6) is 2.15. The standard InChI is InChI=1S/C12H17BrN2O/c1-8-2-4-9(5-3-8)16-11-6-12(14)15-7-10(11)13/h6-9H,2-5H2,1H3,(H2,14,15). The Morgan fingerprint density at radius 3 is 2.75 bits per heavy atom. The van der Waals surface area contributed by atoms with Gasteiger partial charge in [-0.1, -0.05) is 6.92 Å². The van der Waals surface area contributed by atoms with Crippen molar-refractivity contribution in [1.82, 2.24) is 4.98 Å². The van der Waals surface area contributed by atoms with Gasteiger partial charge in [0, 0.05) is 12.3 Å². The number of halogens is 1. The number of aromatic nitrogens is 1. The van der Waals surface area contributed by atoms with Gasteiger partial charge >= 0.3 is 0 Å². The van der Waals surface area contributed by atoms with Crippen molar-refractivity contribution in [2.24, 2.45) is 5.92 Å². The van der Waals surface area contributed by atoms with Crippen LogP contribution in [0.5, 0.6) is 5.75 Å². The summed E-state index contributed by atoms with van der Waals surface area (Å²) in [5, 5.41) is 0. The van der Waals surface area contributed by atoms with E-state index in [0.717, 1.165) is 29.0 Å². The fourth-order valence-electron chi connectivity index (χ4n) is 2.05. The minimum atomic E-state index is 0.328. The number of nitrogens with zero attached hydrogens (tertiary/aromatic N) is 1. The normalized spacial score (nSPS) is 25.4. The van der Waals surface area contributed by atoms with Crippen LogP contribution < -0.4 is 10.5 Å². The molecule has 88 valence electrons. The van der Waals surface area contributed by atoms with Crippen molar-refractivity contribution in [2.45, 2.75) is 38.7 Å². The van der Waals surface area contributed by atoms with Gasteiger partial charge < -0.3 is 10.5 Å². The van der Waals surface area contributed by atoms with Crippen LogP contribution in [-0.2, 0) is 0 Å². The van der Waals surface area contributed by atoms with Gasteiger partial charge in [-0.2, -0.15) is 0 Å². The molecule has 1 saturated carbocycles. The number of nitrogens with two attached hydrogens (primary N) is 1. The number of nitrogen functional groups attached to an aromatic ring is 1. The lowest BCUT2D eigenvalue weighted by Crippen LogP contribution is -2.23. The van der Waals surface area contributed by atoms with Gasteiger partial charge in [0.2, 0.25) is 0 Å². The monoisotopic (exact) mass is 284 g/mol. The smallest absolute Gasteiger partial charge is 0.139 e. The molecule has 0 saturated heterocycles. The number of anilines is 1. The first-order chi connectivity index (χ1) is 7.65. The van der Waals surface area contributed by atoms with Crippen LogP contribution in [0.15, 0.2) is 16.7 Å². The second-order valence-electron chi connectivity index (χ2n) is 4.54. The lowest BCUT2D eigenvalue weighted by Gasteiger charge is -2.27. The van der Waals surface area contributed by atoms with Crippen LogP contribution in [0.25, 0.3) is 0 Å². The Morgan fingerprint density at radius 2 is 2.06 bits per heavy atom. The third kappa shape index (κ3) is 2.88. The first-order valence-electron chi connectivity index (χ1n) is 5.73. The predicted molar refractivity (Wildman–Crippen MR) is 68.4 cm³/mol. The highest BCUT2D eigenvalue weighted by Crippen LogP contribution is 2.31. The van der Waals surface area contributed by atoms with E-state index in [9.17, 15) is 0 Å². The van der Waals surface area contributed by atoms with Crippen molar-refractivity contribution >= 4 is 21.7 Å². The van der Waals surface area contributed by atoms with Crippen molar-refractivity contribution in [3.05, 3.63) is 16.7 Å². The highest BCUT2D eigenvalue weighted by Gasteiger charge is 2.20. The van der Waals surface area contributed by atoms with Crippen molar-refractivity contribution in [2.75, 3.05) is 5.73 Å². The average molecular weight is 285 g/mol. The molecular formula is C12H17BrN2O. The molecule has 2 N–H and O–H groups in total. The summed E-state index contributed by atoms with van der Waals surface area (Å²) >= 11 is 3.43. The van der Waals surface area contributed by atoms with E-state index in [2.05, 4.69) is 27.8 Å². The molecule has 0 bridgehead atoms. The van der Waals surface area contributed by atoms with E-state index in [1.165, 1.54) is 12.8 Å². The Bertz CT molecular complexity index is 362. The van der Waals surface area contributed by atoms with Crippen LogP contribution in [0.1, 0.15) is 32.6 Å². The number of pyridine rings is 1. The zero-order chi connectivity index (χ0) is 11.5. The number of rotatable bonds is 2. The van der Waals surface area contributed by atoms with Crippen LogP contribution in [-0.4, -0.2) is 11.1 Å². The molecule has 1 heterocycles. The third-order valence-corrected chi connectivity index (χ3v) is 3.69. The first-order valence-corrected chi connectivity index (χ1v) is 6.52. The molecule has 2 rings (SSSR count). The Morgan fingerprint density at radius 1 is 1.38 bits per heavy atom. The maximum absolute atomic E-state index is 5.95. The van der Waals surface area contributed by atoms with E-state index in [-0.39, 0.29) is 0 Å². The van der Waals surface area contributed by atoms with Crippen LogP contribution in [0, 0.1) is 5.92 Å². The summed E-state index contributed by atoms with van der Waals surface area (Å²) < 4.78 is 6.82. The lowest BCUT2D eigenvalue weighted by molar-refractivity contribution is 0.134. The molecular weight excluding hydrogens is 268 g/mol. The lowest BCUT2D eigenvalue weighted by atomic mass is 9.89. The summed E-state index contributed by atoms with van der Waals surface area (Å²) in [6.07, 6.45) is 6.79. The maximum Gasteiger partial charge on any atom is 0.139 e. The van der Waals surface area contributed by atoms with Crippen LogP contribution in [0.3, 0.4) is 0 Å². The van der Waals surface area contributed by atoms with Gasteiger partial charge in [-0.05, 0) is 47.5 Å². The largest absolute Gasteiger partial charge is 0.489 e. The molecule has 1 aliphatic rings. The molecule has 16 heavy (non-hydrogen) atoms. The van der Waals surface area contributed by atoms with Crippen molar-refractivity contribution in [1.29, 1.82) is 0 Å². The fourth-order valence-corrected chi connectivity index (χ4v) is 2.36. The Hall–Kier alpha value is -0.770. The SMILES string of the molecule is CC1CCC(Oc2cc(N)ncc2Br)CC1. The van der Waals surface area contributed by atoms with E-state index in [1.54, 1.807) is 12.3 Å².